The second-order valence-electron chi connectivity index (χ2n) is 8.43. The lowest BCUT2D eigenvalue weighted by atomic mass is 10.2. The Balaban J connectivity index is 5.57. The average molecular weight is 306 g/mol. The second kappa shape index (κ2) is 5.91. The molecule has 0 bridgehead atoms. The molecule has 2 N–H and O–H groups in total. The fourth-order valence-corrected chi connectivity index (χ4v) is 45.6. The van der Waals surface area contributed by atoms with Crippen molar-refractivity contribution < 1.29 is 4.43 Å². The summed E-state index contributed by atoms with van der Waals surface area (Å²) in [6, 6.07) is 1.27. The van der Waals surface area contributed by atoms with E-state index in [1.807, 2.05) is 0 Å². The van der Waals surface area contributed by atoms with Crippen molar-refractivity contribution in [3.05, 3.63) is 0 Å². The molecule has 0 spiro atoms. The van der Waals surface area contributed by atoms with Crippen LogP contribution in [0.3, 0.4) is 0 Å². The molecule has 110 valence electrons. The van der Waals surface area contributed by atoms with Crippen LogP contribution in [0.1, 0.15) is 27.2 Å². The summed E-state index contributed by atoms with van der Waals surface area (Å²) in [5, 5.41) is 0. The van der Waals surface area contributed by atoms with Gasteiger partial charge in [-0.3, -0.25) is 0 Å². The second-order valence-corrected chi connectivity index (χ2v) is 35.1. The van der Waals surface area contributed by atoms with Crippen molar-refractivity contribution in [2.45, 2.75) is 78.1 Å². The molecule has 0 aromatic rings. The molecule has 0 aliphatic carbocycles. The molecule has 0 amide bonds. The summed E-state index contributed by atoms with van der Waals surface area (Å²) in [5.74, 6) is 0. The predicted molar refractivity (Wildman–Crippen MR) is 91.8 cm³/mol. The van der Waals surface area contributed by atoms with Crippen molar-refractivity contribution in [2.24, 2.45) is 5.73 Å². The smallest absolute Gasteiger partial charge is 0.168 e. The van der Waals surface area contributed by atoms with Gasteiger partial charge in [-0.2, -0.15) is 0 Å². The van der Waals surface area contributed by atoms with Crippen LogP contribution in [-0.4, -0.2) is 34.7 Å². The molecule has 0 saturated heterocycles. The first kappa shape index (κ1) is 18.6. The van der Waals surface area contributed by atoms with E-state index in [4.69, 9.17) is 10.2 Å². The lowest BCUT2D eigenvalue weighted by Gasteiger charge is -2.52. The standard InChI is InChI=1S/C13H35NOSi3/c1-13(2,3)15-18(12-10-11-14,16(4,5)6)17(7,8)9/h10-12,14H2,1-9H3. The maximum atomic E-state index is 6.86. The molecule has 18 heavy (non-hydrogen) atoms. The Morgan fingerprint density at radius 2 is 1.28 bits per heavy atom. The van der Waals surface area contributed by atoms with E-state index in [1.165, 1.54) is 6.04 Å². The Morgan fingerprint density at radius 1 is 0.889 bits per heavy atom. The van der Waals surface area contributed by atoms with Gasteiger partial charge < -0.3 is 10.2 Å². The van der Waals surface area contributed by atoms with Crippen LogP contribution in [0.25, 0.3) is 0 Å². The quantitative estimate of drug-likeness (QED) is 0.755. The molecular formula is C13H35NOSi3. The maximum Gasteiger partial charge on any atom is 0.168 e. The third-order valence-corrected chi connectivity index (χ3v) is 40.7. The van der Waals surface area contributed by atoms with E-state index in [2.05, 4.69) is 60.1 Å². The van der Waals surface area contributed by atoms with E-state index in [0.717, 1.165) is 13.0 Å². The molecule has 0 radical (unpaired) electrons. The topological polar surface area (TPSA) is 35.2 Å². The third-order valence-electron chi connectivity index (χ3n) is 3.64. The molecular weight excluding hydrogens is 270 g/mol. The SMILES string of the molecule is CC(C)(C)O[Si](CCCN)([Si](C)(C)C)[Si](C)(C)C. The highest BCUT2D eigenvalue weighted by Gasteiger charge is 2.57. The van der Waals surface area contributed by atoms with Gasteiger partial charge in [-0.25, -0.2) is 0 Å². The van der Waals surface area contributed by atoms with Crippen LogP contribution in [-0.2, 0) is 4.43 Å². The van der Waals surface area contributed by atoms with Crippen molar-refractivity contribution in [1.29, 1.82) is 0 Å². The van der Waals surface area contributed by atoms with Crippen LogP contribution >= 0.6 is 0 Å². The van der Waals surface area contributed by atoms with Gasteiger partial charge in [-0.05, 0) is 39.8 Å². The van der Waals surface area contributed by atoms with E-state index in [1.54, 1.807) is 0 Å². The Labute approximate surface area is 117 Å². The van der Waals surface area contributed by atoms with E-state index >= 15 is 0 Å². The number of hydrogen-bond donors (Lipinski definition) is 1. The molecule has 5 heteroatoms. The van der Waals surface area contributed by atoms with Crippen molar-refractivity contribution in [2.75, 3.05) is 6.54 Å². The molecule has 0 heterocycles. The monoisotopic (exact) mass is 305 g/mol. The van der Waals surface area contributed by atoms with Crippen molar-refractivity contribution in [1.82, 2.24) is 0 Å². The highest BCUT2D eigenvalue weighted by molar-refractivity contribution is 7.66. The summed E-state index contributed by atoms with van der Waals surface area (Å²) in [6.45, 7) is 22.5. The summed E-state index contributed by atoms with van der Waals surface area (Å²) in [5.41, 5.74) is 5.77. The average Bonchev–Trinajstić information content (AvgIpc) is 2.06. The summed E-state index contributed by atoms with van der Waals surface area (Å²) in [6.07, 6.45) is 1.14. The fraction of sp³-hybridized carbons (Fsp3) is 1.00. The van der Waals surface area contributed by atoms with Gasteiger partial charge in [-0.1, -0.05) is 39.3 Å². The molecule has 0 atom stereocenters. The van der Waals surface area contributed by atoms with Gasteiger partial charge in [0.05, 0.1) is 15.2 Å². The molecule has 0 fully saturated rings. The van der Waals surface area contributed by atoms with Gasteiger partial charge in [0.1, 0.15) is 0 Å². The molecule has 0 aliphatic rings. The summed E-state index contributed by atoms with van der Waals surface area (Å²) in [7, 11) is -4.25. The lowest BCUT2D eigenvalue weighted by Crippen LogP contribution is -2.75. The first-order valence-corrected chi connectivity index (χ1v) is 18.3. The summed E-state index contributed by atoms with van der Waals surface area (Å²) < 4.78 is 6.86. The zero-order valence-electron chi connectivity index (χ0n) is 14.1. The van der Waals surface area contributed by atoms with Gasteiger partial charge in [0.2, 0.25) is 0 Å². The molecule has 0 unspecified atom stereocenters. The van der Waals surface area contributed by atoms with Gasteiger partial charge in [0.25, 0.3) is 0 Å². The zero-order valence-corrected chi connectivity index (χ0v) is 17.1. The molecule has 2 nitrogen and oxygen atoms in total. The molecule has 0 aromatic heterocycles. The van der Waals surface area contributed by atoms with Gasteiger partial charge in [0.15, 0.2) is 7.35 Å². The number of rotatable bonds is 6. The van der Waals surface area contributed by atoms with Gasteiger partial charge in [-0.15, -0.1) is 0 Å². The van der Waals surface area contributed by atoms with E-state index in [9.17, 15) is 0 Å². The Bertz CT molecular complexity index is 247. The molecule has 0 aliphatic heterocycles. The van der Waals surface area contributed by atoms with Gasteiger partial charge in [0, 0.05) is 5.60 Å². The minimum absolute atomic E-state index is 0.0125. The largest absolute Gasteiger partial charge is 0.418 e. The van der Waals surface area contributed by atoms with E-state index in [0.29, 0.717) is 0 Å². The first-order chi connectivity index (χ1) is 7.77. The van der Waals surface area contributed by atoms with Crippen LogP contribution < -0.4 is 5.73 Å². The van der Waals surface area contributed by atoms with Crippen molar-refractivity contribution in [3.8, 4) is 0 Å². The highest BCUT2D eigenvalue weighted by atomic mass is 29.7. The van der Waals surface area contributed by atoms with Crippen LogP contribution in [0.4, 0.5) is 0 Å². The van der Waals surface area contributed by atoms with Crippen LogP contribution in [0, 0.1) is 0 Å². The Morgan fingerprint density at radius 3 is 1.50 bits per heavy atom. The lowest BCUT2D eigenvalue weighted by molar-refractivity contribution is 0.128. The van der Waals surface area contributed by atoms with E-state index < -0.39 is 22.5 Å². The molecule has 0 rings (SSSR count). The Hall–Kier alpha value is 0.571. The highest BCUT2D eigenvalue weighted by Crippen LogP contribution is 2.37. The van der Waals surface area contributed by atoms with Crippen LogP contribution in [0.5, 0.6) is 0 Å². The predicted octanol–water partition coefficient (Wildman–Crippen LogP) is 3.93. The minimum atomic E-state index is -1.66. The van der Waals surface area contributed by atoms with Crippen LogP contribution in [0.15, 0.2) is 0 Å². The van der Waals surface area contributed by atoms with Crippen LogP contribution in [0.2, 0.25) is 45.3 Å². The number of nitrogens with two attached hydrogens (primary N) is 1. The van der Waals surface area contributed by atoms with Crippen molar-refractivity contribution >= 4 is 22.5 Å². The number of hydrogen-bond acceptors (Lipinski definition) is 2. The molecule has 0 saturated carbocycles. The fourth-order valence-electron chi connectivity index (χ4n) is 3.11. The van der Waals surface area contributed by atoms with Crippen molar-refractivity contribution in [3.63, 3.8) is 0 Å². The molecule has 0 aromatic carbocycles. The third kappa shape index (κ3) is 4.59. The van der Waals surface area contributed by atoms with Gasteiger partial charge >= 0.3 is 0 Å². The first-order valence-electron chi connectivity index (χ1n) is 7.17. The minimum Gasteiger partial charge on any atom is -0.418 e. The normalized spacial score (nSPS) is 15.0. The summed E-state index contributed by atoms with van der Waals surface area (Å²) >= 11 is 0. The summed E-state index contributed by atoms with van der Waals surface area (Å²) in [4.78, 5) is 0. The zero-order chi connectivity index (χ0) is 14.8. The maximum absolute atomic E-state index is 6.86. The Kier molecular flexibility index (Phi) is 6.10. The van der Waals surface area contributed by atoms with E-state index in [-0.39, 0.29) is 5.60 Å².